The summed E-state index contributed by atoms with van der Waals surface area (Å²) in [5.41, 5.74) is 6.40. The molecule has 0 saturated heterocycles. The third kappa shape index (κ3) is 3.56. The summed E-state index contributed by atoms with van der Waals surface area (Å²) in [6.07, 6.45) is 3.79. The van der Waals surface area contributed by atoms with Crippen LogP contribution in [0.5, 0.6) is 0 Å². The third-order valence-corrected chi connectivity index (χ3v) is 6.38. The number of anilines is 1. The first-order chi connectivity index (χ1) is 16.3. The van der Waals surface area contributed by atoms with Gasteiger partial charge in [-0.3, -0.25) is 9.67 Å². The summed E-state index contributed by atoms with van der Waals surface area (Å²) < 4.78 is 1.88. The van der Waals surface area contributed by atoms with Crippen LogP contribution in [0.4, 0.5) is 5.82 Å². The van der Waals surface area contributed by atoms with Gasteiger partial charge in [0.25, 0.3) is 0 Å². The second-order valence-corrected chi connectivity index (χ2v) is 9.34. The zero-order valence-electron chi connectivity index (χ0n) is 20.0. The fourth-order valence-corrected chi connectivity index (χ4v) is 4.24. The Kier molecular flexibility index (Phi) is 5.06. The number of hydrogen-bond acceptors (Lipinski definition) is 5. The minimum atomic E-state index is -0.535. The Balaban J connectivity index is 1.68. The first-order valence-electron chi connectivity index (χ1n) is 11.2. The fourth-order valence-electron chi connectivity index (χ4n) is 4.24. The van der Waals surface area contributed by atoms with Gasteiger partial charge in [0.15, 0.2) is 0 Å². The molecule has 0 bridgehead atoms. The van der Waals surface area contributed by atoms with Crippen molar-refractivity contribution in [2.75, 3.05) is 19.0 Å². The molecule has 34 heavy (non-hydrogen) atoms. The highest BCUT2D eigenvalue weighted by molar-refractivity contribution is 6.12. The first-order valence-corrected chi connectivity index (χ1v) is 11.2. The van der Waals surface area contributed by atoms with Crippen molar-refractivity contribution in [3.63, 3.8) is 0 Å². The molecule has 0 radical (unpaired) electrons. The highest BCUT2D eigenvalue weighted by atomic mass is 15.3. The Labute approximate surface area is 199 Å². The highest BCUT2D eigenvalue weighted by Gasteiger charge is 2.21. The van der Waals surface area contributed by atoms with Crippen LogP contribution in [0, 0.1) is 11.3 Å². The normalized spacial score (nSPS) is 11.6. The number of nitrogens with zero attached hydrogens (tertiary/aromatic N) is 6. The molecule has 0 aliphatic heterocycles. The number of fused-ring (bicyclic) bond motifs is 3. The van der Waals surface area contributed by atoms with Crippen LogP contribution < -0.4 is 4.90 Å². The van der Waals surface area contributed by atoms with E-state index in [0.717, 1.165) is 55.6 Å². The van der Waals surface area contributed by atoms with Crippen LogP contribution in [0.1, 0.15) is 19.4 Å². The molecule has 6 nitrogen and oxygen atoms in total. The molecule has 0 aliphatic rings. The number of hydrogen-bond donors (Lipinski definition) is 0. The van der Waals surface area contributed by atoms with Crippen LogP contribution in [-0.4, -0.2) is 33.8 Å². The first kappa shape index (κ1) is 21.6. The molecule has 6 heteroatoms. The Bertz CT molecular complexity index is 1550. The maximum absolute atomic E-state index is 9.48. The molecule has 0 unspecified atom stereocenters. The molecule has 0 atom stereocenters. The lowest BCUT2D eigenvalue weighted by Gasteiger charge is -2.15. The van der Waals surface area contributed by atoms with Gasteiger partial charge >= 0.3 is 0 Å². The van der Waals surface area contributed by atoms with Crippen LogP contribution in [0.25, 0.3) is 44.2 Å². The van der Waals surface area contributed by atoms with Crippen molar-refractivity contribution in [2.45, 2.75) is 19.3 Å². The summed E-state index contributed by atoms with van der Waals surface area (Å²) in [5.74, 6) is 0.922. The van der Waals surface area contributed by atoms with E-state index >= 15 is 0 Å². The van der Waals surface area contributed by atoms with Crippen molar-refractivity contribution in [1.29, 1.82) is 5.26 Å². The molecule has 3 aromatic heterocycles. The van der Waals surface area contributed by atoms with Crippen molar-refractivity contribution in [3.05, 3.63) is 72.6 Å². The lowest BCUT2D eigenvalue weighted by molar-refractivity contribution is 0.687. The van der Waals surface area contributed by atoms with E-state index in [4.69, 9.17) is 5.10 Å². The van der Waals surface area contributed by atoms with Gasteiger partial charge in [-0.1, -0.05) is 30.3 Å². The largest absolute Gasteiger partial charge is 0.363 e. The smallest absolute Gasteiger partial charge is 0.127 e. The third-order valence-electron chi connectivity index (χ3n) is 6.38. The van der Waals surface area contributed by atoms with E-state index in [1.807, 2.05) is 75.2 Å². The van der Waals surface area contributed by atoms with E-state index in [0.29, 0.717) is 0 Å². The standard InChI is InChI=1S/C28H26N6/c1-28(2,17-29)21-10-6-18(7-11-21)27-26-22-14-19(20-9-13-25(31-15-20)33(3)4)8-12-23(22)30-16-24(26)34(5)32-27/h6-16H,1-5H3. The van der Waals surface area contributed by atoms with Gasteiger partial charge < -0.3 is 4.90 Å². The predicted octanol–water partition coefficient (Wildman–Crippen LogP) is 5.72. The quantitative estimate of drug-likeness (QED) is 0.353. The van der Waals surface area contributed by atoms with Crippen LogP contribution in [-0.2, 0) is 12.5 Å². The number of nitriles is 1. The minimum Gasteiger partial charge on any atom is -0.363 e. The maximum Gasteiger partial charge on any atom is 0.127 e. The van der Waals surface area contributed by atoms with Crippen molar-refractivity contribution < 1.29 is 0 Å². The van der Waals surface area contributed by atoms with E-state index in [-0.39, 0.29) is 0 Å². The maximum atomic E-state index is 9.48. The number of benzene rings is 2. The molecule has 3 heterocycles. The lowest BCUT2D eigenvalue weighted by Crippen LogP contribution is -2.13. The number of aromatic nitrogens is 4. The van der Waals surface area contributed by atoms with E-state index in [9.17, 15) is 5.26 Å². The SMILES string of the molecule is CN(C)c1ccc(-c2ccc3ncc4c(c(-c5ccc(C(C)(C)C#N)cc5)nn4C)c3c2)cn1. The molecule has 0 spiro atoms. The average Bonchev–Trinajstić information content (AvgIpc) is 3.20. The number of aryl methyl sites for hydroxylation is 1. The summed E-state index contributed by atoms with van der Waals surface area (Å²) >= 11 is 0. The van der Waals surface area contributed by atoms with Crippen molar-refractivity contribution in [3.8, 4) is 28.5 Å². The summed E-state index contributed by atoms with van der Waals surface area (Å²) in [6, 6.07) is 20.9. The molecule has 0 fully saturated rings. The molecule has 0 saturated carbocycles. The van der Waals surface area contributed by atoms with Gasteiger partial charge in [-0.05, 0) is 49.2 Å². The summed E-state index contributed by atoms with van der Waals surface area (Å²) in [7, 11) is 5.91. The zero-order valence-corrected chi connectivity index (χ0v) is 20.0. The molecular weight excluding hydrogens is 420 g/mol. The van der Waals surface area contributed by atoms with Gasteiger partial charge in [0, 0.05) is 49.2 Å². The van der Waals surface area contributed by atoms with Gasteiger partial charge in [0.1, 0.15) is 11.5 Å². The Morgan fingerprint density at radius 1 is 0.882 bits per heavy atom. The van der Waals surface area contributed by atoms with Crippen LogP contribution in [0.2, 0.25) is 0 Å². The Morgan fingerprint density at radius 2 is 1.59 bits per heavy atom. The monoisotopic (exact) mass is 446 g/mol. The van der Waals surface area contributed by atoms with Gasteiger partial charge in [0.05, 0.1) is 28.7 Å². The topological polar surface area (TPSA) is 70.6 Å². The molecule has 5 aromatic rings. The van der Waals surface area contributed by atoms with Crippen molar-refractivity contribution >= 4 is 27.6 Å². The van der Waals surface area contributed by atoms with Crippen molar-refractivity contribution in [1.82, 2.24) is 19.7 Å². The second kappa shape index (κ2) is 7.96. The number of pyridine rings is 2. The summed E-state index contributed by atoms with van der Waals surface area (Å²) in [5, 5.41) is 16.4. The van der Waals surface area contributed by atoms with E-state index < -0.39 is 5.41 Å². The molecule has 0 amide bonds. The fraction of sp³-hybridized carbons (Fsp3) is 0.214. The van der Waals surface area contributed by atoms with Crippen molar-refractivity contribution in [2.24, 2.45) is 7.05 Å². The van der Waals surface area contributed by atoms with Crippen LogP contribution in [0.3, 0.4) is 0 Å². The average molecular weight is 447 g/mol. The van der Waals surface area contributed by atoms with Gasteiger partial charge in [-0.15, -0.1) is 0 Å². The van der Waals surface area contributed by atoms with Crippen LogP contribution >= 0.6 is 0 Å². The van der Waals surface area contributed by atoms with Gasteiger partial charge in [-0.2, -0.15) is 10.4 Å². The van der Waals surface area contributed by atoms with Gasteiger partial charge in [0.2, 0.25) is 0 Å². The van der Waals surface area contributed by atoms with Crippen LogP contribution in [0.15, 0.2) is 67.0 Å². The molecule has 168 valence electrons. The minimum absolute atomic E-state index is 0.535. The summed E-state index contributed by atoms with van der Waals surface area (Å²) in [4.78, 5) is 11.2. The zero-order chi connectivity index (χ0) is 24.0. The number of rotatable bonds is 4. The second-order valence-electron chi connectivity index (χ2n) is 9.34. The Morgan fingerprint density at radius 3 is 2.24 bits per heavy atom. The lowest BCUT2D eigenvalue weighted by atomic mass is 9.86. The molecule has 5 rings (SSSR count). The summed E-state index contributed by atoms with van der Waals surface area (Å²) in [6.45, 7) is 3.86. The Hall–Kier alpha value is -4.24. The van der Waals surface area contributed by atoms with E-state index in [1.54, 1.807) is 0 Å². The molecule has 0 aliphatic carbocycles. The molecular formula is C28H26N6. The predicted molar refractivity (Wildman–Crippen MR) is 138 cm³/mol. The molecule has 2 aromatic carbocycles. The van der Waals surface area contributed by atoms with E-state index in [1.165, 1.54) is 0 Å². The molecule has 0 N–H and O–H groups in total. The van der Waals surface area contributed by atoms with Gasteiger partial charge in [-0.25, -0.2) is 4.98 Å². The van der Waals surface area contributed by atoms with E-state index in [2.05, 4.69) is 52.4 Å². The highest BCUT2D eigenvalue weighted by Crippen LogP contribution is 2.35.